The smallest absolute Gasteiger partial charge is 0.276 e. The predicted octanol–water partition coefficient (Wildman–Crippen LogP) is 1.84. The maximum Gasteiger partial charge on any atom is 0.276 e. The highest BCUT2D eigenvalue weighted by Gasteiger charge is 2.33. The number of nitrogens with zero attached hydrogens (tertiary/aromatic N) is 5. The minimum atomic E-state index is -0.921. The van der Waals surface area contributed by atoms with Gasteiger partial charge in [-0.25, -0.2) is 18.0 Å². The minimum Gasteiger partial charge on any atom is -0.370 e. The molecule has 1 amide bonds. The van der Waals surface area contributed by atoms with Gasteiger partial charge in [-0.3, -0.25) is 14.6 Å². The van der Waals surface area contributed by atoms with Gasteiger partial charge in [-0.1, -0.05) is 6.07 Å². The second-order valence-electron chi connectivity index (χ2n) is 7.56. The van der Waals surface area contributed by atoms with Crippen LogP contribution in [0.3, 0.4) is 0 Å². The number of amides is 1. The highest BCUT2D eigenvalue weighted by Crippen LogP contribution is 2.20. The molecule has 9 nitrogen and oxygen atoms in total. The lowest BCUT2D eigenvalue weighted by Gasteiger charge is -2.38. The average molecular weight is 440 g/mol. The van der Waals surface area contributed by atoms with Gasteiger partial charge >= 0.3 is 0 Å². The largest absolute Gasteiger partial charge is 0.370 e. The number of hydrogen-bond acceptors (Lipinski definition) is 5. The summed E-state index contributed by atoms with van der Waals surface area (Å²) in [6.45, 7) is 2.59. The Hall–Kier alpha value is -3.86. The number of likely N-dealkylation sites (tertiary alicyclic amines) is 1. The van der Waals surface area contributed by atoms with Crippen molar-refractivity contribution >= 4 is 11.4 Å². The third kappa shape index (κ3) is 3.46. The summed E-state index contributed by atoms with van der Waals surface area (Å²) in [5.74, 6) is -1.84. The third-order valence-corrected chi connectivity index (χ3v) is 5.43. The Morgan fingerprint density at radius 3 is 2.84 bits per heavy atom. The maximum absolute atomic E-state index is 13.3. The fourth-order valence-corrected chi connectivity index (χ4v) is 3.58. The number of ether oxygens (including phenoxy) is 1. The summed E-state index contributed by atoms with van der Waals surface area (Å²) < 4.78 is 34.8. The van der Waals surface area contributed by atoms with Crippen LogP contribution in [-0.2, 0) is 11.3 Å². The zero-order valence-electron chi connectivity index (χ0n) is 17.0. The zero-order valence-corrected chi connectivity index (χ0v) is 17.0. The van der Waals surface area contributed by atoms with Gasteiger partial charge in [-0.2, -0.15) is 5.10 Å². The molecule has 3 aromatic heterocycles. The van der Waals surface area contributed by atoms with E-state index in [9.17, 15) is 18.4 Å². The van der Waals surface area contributed by atoms with Crippen LogP contribution >= 0.6 is 0 Å². The molecule has 0 saturated carbocycles. The standard InChI is InChI=1S/C21H18F2N6O3/c1-12-15(8-24-29(12)21-25-19(30)18-3-2-6-28(18)26-21)20(31)27-9-14(10-27)32-11-13-4-5-16(22)17(23)7-13/h2-8,14H,9-11H2,1H3,(H,25,26,30). The molecule has 5 rings (SSSR count). The van der Waals surface area contributed by atoms with Crippen LogP contribution in [0.4, 0.5) is 8.78 Å². The number of halogens is 2. The summed E-state index contributed by atoms with van der Waals surface area (Å²) >= 11 is 0. The van der Waals surface area contributed by atoms with Crippen LogP contribution in [0.15, 0.2) is 47.5 Å². The molecule has 4 aromatic rings. The van der Waals surface area contributed by atoms with E-state index in [2.05, 4.69) is 15.2 Å². The summed E-state index contributed by atoms with van der Waals surface area (Å²) in [6, 6.07) is 6.97. The van der Waals surface area contributed by atoms with Crippen molar-refractivity contribution in [3.63, 3.8) is 0 Å². The van der Waals surface area contributed by atoms with Crippen LogP contribution in [0.1, 0.15) is 21.6 Å². The van der Waals surface area contributed by atoms with E-state index in [-0.39, 0.29) is 30.1 Å². The maximum atomic E-state index is 13.3. The molecule has 164 valence electrons. The van der Waals surface area contributed by atoms with Gasteiger partial charge in [-0.15, -0.1) is 5.10 Å². The van der Waals surface area contributed by atoms with Crippen molar-refractivity contribution < 1.29 is 18.3 Å². The van der Waals surface area contributed by atoms with Gasteiger partial charge in [0.1, 0.15) is 5.52 Å². The molecular weight excluding hydrogens is 422 g/mol. The van der Waals surface area contributed by atoms with Crippen molar-refractivity contribution in [3.8, 4) is 5.95 Å². The number of carbonyl (C=O) groups is 1. The lowest BCUT2D eigenvalue weighted by atomic mass is 10.1. The predicted molar refractivity (Wildman–Crippen MR) is 109 cm³/mol. The number of benzene rings is 1. The minimum absolute atomic E-state index is 0.127. The molecular formula is C21H18F2N6O3. The van der Waals surface area contributed by atoms with E-state index in [0.717, 1.165) is 12.1 Å². The molecule has 1 fully saturated rings. The quantitative estimate of drug-likeness (QED) is 0.511. The Morgan fingerprint density at radius 1 is 1.25 bits per heavy atom. The molecule has 4 heterocycles. The number of aromatic nitrogens is 5. The fourth-order valence-electron chi connectivity index (χ4n) is 3.58. The van der Waals surface area contributed by atoms with Gasteiger partial charge < -0.3 is 9.64 Å². The first-order chi connectivity index (χ1) is 15.4. The molecule has 0 unspecified atom stereocenters. The van der Waals surface area contributed by atoms with E-state index in [1.54, 1.807) is 30.2 Å². The van der Waals surface area contributed by atoms with Crippen LogP contribution in [0.5, 0.6) is 0 Å². The molecule has 32 heavy (non-hydrogen) atoms. The molecule has 11 heteroatoms. The van der Waals surface area contributed by atoms with E-state index in [4.69, 9.17) is 4.74 Å². The lowest BCUT2D eigenvalue weighted by Crippen LogP contribution is -2.54. The SMILES string of the molecule is Cc1c(C(=O)N2CC(OCc3ccc(F)c(F)c3)C2)cnn1-c1nn2cccc2c(=O)[nH]1. The first-order valence-electron chi connectivity index (χ1n) is 9.88. The monoisotopic (exact) mass is 440 g/mol. The third-order valence-electron chi connectivity index (χ3n) is 5.43. The lowest BCUT2D eigenvalue weighted by molar-refractivity contribution is -0.0504. The zero-order chi connectivity index (χ0) is 22.4. The fraction of sp³-hybridized carbons (Fsp3) is 0.238. The van der Waals surface area contributed by atoms with Gasteiger partial charge in [0, 0.05) is 19.3 Å². The van der Waals surface area contributed by atoms with Crippen LogP contribution in [0, 0.1) is 18.6 Å². The number of aromatic amines is 1. The molecule has 1 N–H and O–H groups in total. The number of carbonyl (C=O) groups excluding carboxylic acids is 1. The Morgan fingerprint density at radius 2 is 2.06 bits per heavy atom. The number of hydrogen-bond donors (Lipinski definition) is 1. The van der Waals surface area contributed by atoms with E-state index >= 15 is 0 Å². The van der Waals surface area contributed by atoms with Crippen molar-refractivity contribution in [3.05, 3.63) is 81.5 Å². The second kappa shape index (κ2) is 7.68. The molecule has 1 saturated heterocycles. The summed E-state index contributed by atoms with van der Waals surface area (Å²) in [4.78, 5) is 29.3. The van der Waals surface area contributed by atoms with Gasteiger partial charge in [0.15, 0.2) is 11.6 Å². The summed E-state index contributed by atoms with van der Waals surface area (Å²) in [6.07, 6.45) is 2.89. The van der Waals surface area contributed by atoms with E-state index < -0.39 is 11.6 Å². The number of nitrogens with one attached hydrogen (secondary N) is 1. The number of H-pyrrole nitrogens is 1. The van der Waals surface area contributed by atoms with Gasteiger partial charge in [0.2, 0.25) is 5.95 Å². The molecule has 1 aliphatic heterocycles. The van der Waals surface area contributed by atoms with Crippen LogP contribution in [-0.4, -0.2) is 54.4 Å². The van der Waals surface area contributed by atoms with Crippen LogP contribution < -0.4 is 5.56 Å². The first-order valence-corrected chi connectivity index (χ1v) is 9.88. The highest BCUT2D eigenvalue weighted by atomic mass is 19.2. The van der Waals surface area contributed by atoms with E-state index in [1.165, 1.54) is 21.5 Å². The highest BCUT2D eigenvalue weighted by molar-refractivity contribution is 5.95. The van der Waals surface area contributed by atoms with Crippen LogP contribution in [0.2, 0.25) is 0 Å². The van der Waals surface area contributed by atoms with Crippen molar-refractivity contribution in [1.82, 2.24) is 29.3 Å². The molecule has 0 bridgehead atoms. The van der Waals surface area contributed by atoms with E-state index in [1.807, 2.05) is 0 Å². The van der Waals surface area contributed by atoms with Gasteiger partial charge in [0.05, 0.1) is 30.2 Å². The molecule has 0 spiro atoms. The average Bonchev–Trinajstić information content (AvgIpc) is 3.36. The van der Waals surface area contributed by atoms with Gasteiger partial charge in [-0.05, 0) is 36.8 Å². The Balaban J connectivity index is 1.24. The summed E-state index contributed by atoms with van der Waals surface area (Å²) in [7, 11) is 0. The van der Waals surface area contributed by atoms with Crippen molar-refractivity contribution in [2.75, 3.05) is 13.1 Å². The Kier molecular flexibility index (Phi) is 4.82. The van der Waals surface area contributed by atoms with Crippen molar-refractivity contribution in [1.29, 1.82) is 0 Å². The number of rotatable bonds is 5. The Bertz CT molecular complexity index is 1390. The molecule has 1 aliphatic rings. The molecule has 0 aliphatic carbocycles. The van der Waals surface area contributed by atoms with Crippen molar-refractivity contribution in [2.45, 2.75) is 19.6 Å². The second-order valence-corrected chi connectivity index (χ2v) is 7.56. The molecule has 1 aromatic carbocycles. The normalized spacial score (nSPS) is 14.2. The van der Waals surface area contributed by atoms with E-state index in [0.29, 0.717) is 35.4 Å². The first kappa shape index (κ1) is 20.1. The molecule has 0 radical (unpaired) electrons. The topological polar surface area (TPSA) is 97.5 Å². The van der Waals surface area contributed by atoms with Gasteiger partial charge in [0.25, 0.3) is 11.5 Å². The summed E-state index contributed by atoms with van der Waals surface area (Å²) in [5, 5.41) is 8.54. The number of fused-ring (bicyclic) bond motifs is 1. The van der Waals surface area contributed by atoms with Crippen LogP contribution in [0.25, 0.3) is 11.5 Å². The summed E-state index contributed by atoms with van der Waals surface area (Å²) in [5.41, 5.74) is 1.54. The van der Waals surface area contributed by atoms with Crippen molar-refractivity contribution in [2.24, 2.45) is 0 Å². The Labute approximate surface area is 179 Å². The molecule has 0 atom stereocenters.